The summed E-state index contributed by atoms with van der Waals surface area (Å²) in [5, 5.41) is 2.59. The Balaban J connectivity index is 1.70. The number of esters is 1. The average Bonchev–Trinajstić information content (AvgIpc) is 3.03. The van der Waals surface area contributed by atoms with E-state index in [0.29, 0.717) is 17.2 Å². The number of nitrogens with one attached hydrogen (secondary N) is 1. The van der Waals surface area contributed by atoms with E-state index in [4.69, 9.17) is 14.2 Å². The molecule has 9 heteroatoms. The molecule has 9 nitrogen and oxygen atoms in total. The molecule has 0 bridgehead atoms. The van der Waals surface area contributed by atoms with Crippen molar-refractivity contribution in [1.29, 1.82) is 0 Å². The number of rotatable bonds is 8. The largest absolute Gasteiger partial charge is 0.497 e. The molecular weight excluding hydrogens is 416 g/mol. The van der Waals surface area contributed by atoms with Gasteiger partial charge in [-0.05, 0) is 30.2 Å². The van der Waals surface area contributed by atoms with Gasteiger partial charge in [0.05, 0.1) is 31.0 Å². The molecule has 0 spiro atoms. The van der Waals surface area contributed by atoms with Gasteiger partial charge in [-0.3, -0.25) is 19.3 Å². The van der Waals surface area contributed by atoms with Crippen molar-refractivity contribution < 1.29 is 33.4 Å². The van der Waals surface area contributed by atoms with Crippen LogP contribution in [0.5, 0.6) is 11.5 Å². The Kier molecular flexibility index (Phi) is 6.77. The van der Waals surface area contributed by atoms with Crippen LogP contribution in [0.1, 0.15) is 34.6 Å². The minimum atomic E-state index is -1.17. The number of hydrogen-bond donors (Lipinski definition) is 1. The molecule has 0 saturated heterocycles. The molecule has 0 fully saturated rings. The number of carbonyl (C=O) groups excluding carboxylic acids is 4. The van der Waals surface area contributed by atoms with Crippen molar-refractivity contribution in [2.45, 2.75) is 19.9 Å². The van der Waals surface area contributed by atoms with E-state index >= 15 is 0 Å². The molecular formula is C23H24N2O7. The second-order valence-electron chi connectivity index (χ2n) is 7.44. The number of ether oxygens (including phenoxy) is 3. The van der Waals surface area contributed by atoms with Crippen LogP contribution in [-0.2, 0) is 14.3 Å². The number of hydrogen-bond acceptors (Lipinski definition) is 7. The van der Waals surface area contributed by atoms with Crippen LogP contribution >= 0.6 is 0 Å². The zero-order valence-corrected chi connectivity index (χ0v) is 18.2. The summed E-state index contributed by atoms with van der Waals surface area (Å²) in [5.41, 5.74) is 0.811. The molecule has 2 aromatic rings. The summed E-state index contributed by atoms with van der Waals surface area (Å²) in [7, 11) is 2.94. The summed E-state index contributed by atoms with van der Waals surface area (Å²) in [6, 6.07) is 10.1. The molecule has 0 radical (unpaired) electrons. The highest BCUT2D eigenvalue weighted by Crippen LogP contribution is 2.29. The molecule has 2 aromatic carbocycles. The fourth-order valence-electron chi connectivity index (χ4n) is 3.46. The van der Waals surface area contributed by atoms with Gasteiger partial charge in [-0.2, -0.15) is 0 Å². The smallest absolute Gasteiger partial charge is 0.330 e. The highest BCUT2D eigenvalue weighted by Gasteiger charge is 2.44. The summed E-state index contributed by atoms with van der Waals surface area (Å²) < 4.78 is 15.5. The Morgan fingerprint density at radius 3 is 2.12 bits per heavy atom. The first kappa shape index (κ1) is 22.8. The van der Waals surface area contributed by atoms with E-state index in [0.717, 1.165) is 4.90 Å². The Labute approximate surface area is 185 Å². The Bertz CT molecular complexity index is 1030. The lowest BCUT2D eigenvalue weighted by Gasteiger charge is -2.27. The van der Waals surface area contributed by atoms with Gasteiger partial charge in [0.25, 0.3) is 17.7 Å². The first-order valence-corrected chi connectivity index (χ1v) is 9.94. The van der Waals surface area contributed by atoms with E-state index in [1.54, 1.807) is 44.2 Å². The predicted molar refractivity (Wildman–Crippen MR) is 115 cm³/mol. The lowest BCUT2D eigenvalue weighted by molar-refractivity contribution is -0.152. The van der Waals surface area contributed by atoms with E-state index in [1.807, 2.05) is 0 Å². The number of imide groups is 1. The quantitative estimate of drug-likeness (QED) is 0.496. The molecule has 0 aliphatic carbocycles. The van der Waals surface area contributed by atoms with Crippen molar-refractivity contribution in [3.8, 4) is 11.5 Å². The number of carbonyl (C=O) groups is 4. The van der Waals surface area contributed by atoms with Crippen molar-refractivity contribution >= 4 is 29.4 Å². The standard InChI is InChI=1S/C23H24N2O7/c1-13(2)20(25-21(27)15-7-5-6-8-16(15)22(25)28)23(29)32-12-19(26)24-17-11-14(30-3)9-10-18(17)31-4/h5-11,13,20H,12H2,1-4H3,(H,24,26)/t20-/m0/s1. The SMILES string of the molecule is COc1ccc(OC)c(NC(=O)COC(=O)[C@H](C(C)C)N2C(=O)c3ccccc3C2=O)c1. The molecule has 1 heterocycles. The third-order valence-electron chi connectivity index (χ3n) is 5.00. The van der Waals surface area contributed by atoms with Gasteiger partial charge in [-0.15, -0.1) is 0 Å². The number of fused-ring (bicyclic) bond motifs is 1. The van der Waals surface area contributed by atoms with E-state index in [9.17, 15) is 19.2 Å². The first-order valence-electron chi connectivity index (χ1n) is 9.94. The lowest BCUT2D eigenvalue weighted by Crippen LogP contribution is -2.49. The van der Waals surface area contributed by atoms with Crippen LogP contribution in [-0.4, -0.2) is 55.5 Å². The highest BCUT2D eigenvalue weighted by molar-refractivity contribution is 6.22. The third kappa shape index (κ3) is 4.41. The van der Waals surface area contributed by atoms with Crippen LogP contribution in [0.3, 0.4) is 0 Å². The molecule has 3 amide bonds. The number of anilines is 1. The summed E-state index contributed by atoms with van der Waals surface area (Å²) in [5.74, 6) is -2.11. The minimum Gasteiger partial charge on any atom is -0.497 e. The van der Waals surface area contributed by atoms with Gasteiger partial charge in [0.1, 0.15) is 17.5 Å². The zero-order valence-electron chi connectivity index (χ0n) is 18.2. The molecule has 1 N–H and O–H groups in total. The maximum absolute atomic E-state index is 12.8. The summed E-state index contributed by atoms with van der Waals surface area (Å²) in [6.07, 6.45) is 0. The third-order valence-corrected chi connectivity index (χ3v) is 5.00. The zero-order chi connectivity index (χ0) is 23.4. The highest BCUT2D eigenvalue weighted by atomic mass is 16.5. The number of benzene rings is 2. The maximum atomic E-state index is 12.8. The molecule has 0 unspecified atom stereocenters. The van der Waals surface area contributed by atoms with Crippen LogP contribution in [0.15, 0.2) is 42.5 Å². The molecule has 3 rings (SSSR count). The van der Waals surface area contributed by atoms with Crippen molar-refractivity contribution in [3.05, 3.63) is 53.6 Å². The first-order chi connectivity index (χ1) is 15.3. The minimum absolute atomic E-state index is 0.235. The molecule has 32 heavy (non-hydrogen) atoms. The van der Waals surface area contributed by atoms with Crippen LogP contribution in [0, 0.1) is 5.92 Å². The summed E-state index contributed by atoms with van der Waals surface area (Å²) in [4.78, 5) is 51.6. The molecule has 1 atom stereocenters. The van der Waals surface area contributed by atoms with Crippen molar-refractivity contribution in [3.63, 3.8) is 0 Å². The van der Waals surface area contributed by atoms with E-state index < -0.39 is 42.3 Å². The molecule has 1 aliphatic heterocycles. The molecule has 0 aromatic heterocycles. The number of amides is 3. The fraction of sp³-hybridized carbons (Fsp3) is 0.304. The second kappa shape index (κ2) is 9.51. The summed E-state index contributed by atoms with van der Waals surface area (Å²) in [6.45, 7) is 2.78. The molecule has 1 aliphatic rings. The summed E-state index contributed by atoms with van der Waals surface area (Å²) >= 11 is 0. The maximum Gasteiger partial charge on any atom is 0.330 e. The van der Waals surface area contributed by atoms with E-state index in [1.165, 1.54) is 26.4 Å². The van der Waals surface area contributed by atoms with E-state index in [2.05, 4.69) is 5.32 Å². The van der Waals surface area contributed by atoms with Gasteiger partial charge in [0.2, 0.25) is 0 Å². The molecule has 168 valence electrons. The average molecular weight is 440 g/mol. The second-order valence-corrected chi connectivity index (χ2v) is 7.44. The van der Waals surface area contributed by atoms with Gasteiger partial charge >= 0.3 is 5.97 Å². The molecule has 0 saturated carbocycles. The number of nitrogens with zero attached hydrogens (tertiary/aromatic N) is 1. The van der Waals surface area contributed by atoms with E-state index in [-0.39, 0.29) is 11.1 Å². The van der Waals surface area contributed by atoms with Crippen LogP contribution in [0.4, 0.5) is 5.69 Å². The number of methoxy groups -OCH3 is 2. The predicted octanol–water partition coefficient (Wildman–Crippen LogP) is 2.51. The van der Waals surface area contributed by atoms with Crippen LogP contribution in [0.25, 0.3) is 0 Å². The Hall–Kier alpha value is -3.88. The van der Waals surface area contributed by atoms with Crippen molar-refractivity contribution in [2.24, 2.45) is 5.92 Å². The Morgan fingerprint density at radius 1 is 0.969 bits per heavy atom. The van der Waals surface area contributed by atoms with Crippen LogP contribution in [0.2, 0.25) is 0 Å². The lowest BCUT2D eigenvalue weighted by atomic mass is 10.0. The topological polar surface area (TPSA) is 111 Å². The van der Waals surface area contributed by atoms with Crippen molar-refractivity contribution in [2.75, 3.05) is 26.1 Å². The van der Waals surface area contributed by atoms with Crippen molar-refractivity contribution in [1.82, 2.24) is 4.90 Å². The monoisotopic (exact) mass is 440 g/mol. The van der Waals surface area contributed by atoms with Gasteiger partial charge in [-0.25, -0.2) is 4.79 Å². The van der Waals surface area contributed by atoms with Crippen LogP contribution < -0.4 is 14.8 Å². The van der Waals surface area contributed by atoms with Gasteiger partial charge in [0, 0.05) is 6.07 Å². The normalized spacial score (nSPS) is 13.6. The van der Waals surface area contributed by atoms with Gasteiger partial charge in [-0.1, -0.05) is 26.0 Å². The Morgan fingerprint density at radius 2 is 1.59 bits per heavy atom. The van der Waals surface area contributed by atoms with Gasteiger partial charge < -0.3 is 19.5 Å². The van der Waals surface area contributed by atoms with Gasteiger partial charge in [0.15, 0.2) is 6.61 Å². The fourth-order valence-corrected chi connectivity index (χ4v) is 3.46.